The highest BCUT2D eigenvalue weighted by atomic mass is 16.4. The van der Waals surface area contributed by atoms with Gasteiger partial charge in [-0.2, -0.15) is 0 Å². The summed E-state index contributed by atoms with van der Waals surface area (Å²) in [5.41, 5.74) is 4.25. The lowest BCUT2D eigenvalue weighted by atomic mass is 9.96. The average molecular weight is 269 g/mol. The second kappa shape index (κ2) is 5.57. The van der Waals surface area contributed by atoms with Gasteiger partial charge in [-0.15, -0.1) is 0 Å². The lowest BCUT2D eigenvalue weighted by Crippen LogP contribution is -2.06. The fourth-order valence-electron chi connectivity index (χ4n) is 2.12. The van der Waals surface area contributed by atoms with E-state index in [2.05, 4.69) is 5.16 Å². The van der Waals surface area contributed by atoms with E-state index in [9.17, 15) is 10.0 Å². The lowest BCUT2D eigenvalue weighted by molar-refractivity contribution is 0.0697. The molecule has 0 atom stereocenters. The lowest BCUT2D eigenvalue weighted by Gasteiger charge is -2.09. The summed E-state index contributed by atoms with van der Waals surface area (Å²) >= 11 is 0. The number of oxime groups is 1. The highest BCUT2D eigenvalue weighted by Gasteiger charge is 2.11. The van der Waals surface area contributed by atoms with Crippen molar-refractivity contribution in [2.45, 2.75) is 13.8 Å². The number of nitrogens with zero attached hydrogens (tertiary/aromatic N) is 1. The topological polar surface area (TPSA) is 69.9 Å². The van der Waals surface area contributed by atoms with Gasteiger partial charge in [-0.3, -0.25) is 0 Å². The molecule has 2 rings (SSSR count). The van der Waals surface area contributed by atoms with E-state index in [1.54, 1.807) is 12.1 Å². The van der Waals surface area contributed by atoms with E-state index in [1.165, 1.54) is 12.1 Å². The van der Waals surface area contributed by atoms with Gasteiger partial charge in [0, 0.05) is 11.1 Å². The molecular weight excluding hydrogens is 254 g/mol. The van der Waals surface area contributed by atoms with Crippen molar-refractivity contribution in [3.63, 3.8) is 0 Å². The zero-order valence-electron chi connectivity index (χ0n) is 11.3. The van der Waals surface area contributed by atoms with E-state index in [0.29, 0.717) is 11.3 Å². The summed E-state index contributed by atoms with van der Waals surface area (Å²) in [6.45, 7) is 3.94. The molecule has 0 amide bonds. The predicted octanol–water partition coefficient (Wildman–Crippen LogP) is 3.23. The molecule has 0 saturated carbocycles. The molecule has 0 unspecified atom stereocenters. The van der Waals surface area contributed by atoms with E-state index in [4.69, 9.17) is 5.11 Å². The molecule has 102 valence electrons. The molecular formula is C16H15NO3. The average Bonchev–Trinajstić information content (AvgIpc) is 2.42. The summed E-state index contributed by atoms with van der Waals surface area (Å²) in [6.07, 6.45) is 0. The van der Waals surface area contributed by atoms with E-state index in [1.807, 2.05) is 32.0 Å². The molecule has 4 heteroatoms. The molecule has 0 aliphatic carbocycles. The van der Waals surface area contributed by atoms with Crippen LogP contribution in [0.1, 0.15) is 32.6 Å². The van der Waals surface area contributed by atoms with Crippen LogP contribution in [-0.4, -0.2) is 22.0 Å². The Labute approximate surface area is 117 Å². The normalized spacial score (nSPS) is 11.4. The first-order chi connectivity index (χ1) is 9.52. The molecule has 0 aromatic heterocycles. The first kappa shape index (κ1) is 13.8. The molecule has 0 heterocycles. The zero-order chi connectivity index (χ0) is 14.7. The molecule has 4 nitrogen and oxygen atoms in total. The van der Waals surface area contributed by atoms with Crippen LogP contribution in [0, 0.1) is 13.8 Å². The summed E-state index contributed by atoms with van der Waals surface area (Å²) < 4.78 is 0. The van der Waals surface area contributed by atoms with E-state index in [-0.39, 0.29) is 5.56 Å². The Balaban J connectivity index is 2.45. The molecule has 0 fully saturated rings. The van der Waals surface area contributed by atoms with E-state index < -0.39 is 5.97 Å². The van der Waals surface area contributed by atoms with Crippen molar-refractivity contribution in [3.05, 3.63) is 70.3 Å². The fraction of sp³-hybridized carbons (Fsp3) is 0.125. The highest BCUT2D eigenvalue weighted by molar-refractivity contribution is 6.13. The maximum atomic E-state index is 10.8. The second-order valence-corrected chi connectivity index (χ2v) is 4.65. The number of aryl methyl sites for hydroxylation is 2. The minimum Gasteiger partial charge on any atom is -0.478 e. The Morgan fingerprint density at radius 2 is 1.60 bits per heavy atom. The molecule has 0 saturated heterocycles. The van der Waals surface area contributed by atoms with Crippen LogP contribution < -0.4 is 0 Å². The van der Waals surface area contributed by atoms with Crippen LogP contribution in [0.3, 0.4) is 0 Å². The van der Waals surface area contributed by atoms with Gasteiger partial charge in [0.05, 0.1) is 5.56 Å². The molecule has 0 bridgehead atoms. The maximum Gasteiger partial charge on any atom is 0.335 e. The van der Waals surface area contributed by atoms with Crippen LogP contribution in [0.15, 0.2) is 47.6 Å². The van der Waals surface area contributed by atoms with Crippen LogP contribution in [-0.2, 0) is 0 Å². The van der Waals surface area contributed by atoms with Gasteiger partial charge >= 0.3 is 5.97 Å². The Hall–Kier alpha value is -2.62. The number of carbonyl (C=O) groups is 1. The maximum absolute atomic E-state index is 10.8. The molecule has 2 aromatic rings. The molecule has 0 aliphatic rings. The Kier molecular flexibility index (Phi) is 3.84. The molecule has 0 aliphatic heterocycles. The van der Waals surface area contributed by atoms with Crippen LogP contribution in [0.5, 0.6) is 0 Å². The standard InChI is InChI=1S/C16H15NO3/c1-10-3-8-14(11(2)9-10)15(17-20)12-4-6-13(7-5-12)16(18)19/h3-9,20H,1-2H3,(H,18,19)/b17-15+. The minimum atomic E-state index is -0.981. The number of aromatic carboxylic acids is 1. The third kappa shape index (κ3) is 2.69. The summed E-state index contributed by atoms with van der Waals surface area (Å²) in [4.78, 5) is 10.8. The molecule has 2 N–H and O–H groups in total. The van der Waals surface area contributed by atoms with Gasteiger partial charge in [-0.05, 0) is 31.5 Å². The molecule has 20 heavy (non-hydrogen) atoms. The smallest absolute Gasteiger partial charge is 0.335 e. The van der Waals surface area contributed by atoms with Gasteiger partial charge in [0.1, 0.15) is 5.71 Å². The van der Waals surface area contributed by atoms with Gasteiger partial charge in [-0.1, -0.05) is 41.1 Å². The van der Waals surface area contributed by atoms with Crippen molar-refractivity contribution in [1.82, 2.24) is 0 Å². The summed E-state index contributed by atoms with van der Waals surface area (Å²) in [7, 11) is 0. The van der Waals surface area contributed by atoms with Gasteiger partial charge in [-0.25, -0.2) is 4.79 Å². The van der Waals surface area contributed by atoms with Gasteiger partial charge in [0.25, 0.3) is 0 Å². The highest BCUT2D eigenvalue weighted by Crippen LogP contribution is 2.17. The van der Waals surface area contributed by atoms with Gasteiger partial charge in [0.15, 0.2) is 0 Å². The number of rotatable bonds is 3. The van der Waals surface area contributed by atoms with Crippen LogP contribution in [0.4, 0.5) is 0 Å². The van der Waals surface area contributed by atoms with E-state index in [0.717, 1.165) is 16.7 Å². The number of hydrogen-bond acceptors (Lipinski definition) is 3. The summed E-state index contributed by atoms with van der Waals surface area (Å²) in [5, 5.41) is 21.5. The first-order valence-electron chi connectivity index (χ1n) is 6.16. The van der Waals surface area contributed by atoms with Crippen molar-refractivity contribution in [1.29, 1.82) is 0 Å². The predicted molar refractivity (Wildman–Crippen MR) is 76.7 cm³/mol. The second-order valence-electron chi connectivity index (χ2n) is 4.65. The van der Waals surface area contributed by atoms with E-state index >= 15 is 0 Å². The van der Waals surface area contributed by atoms with Crippen LogP contribution >= 0.6 is 0 Å². The SMILES string of the molecule is Cc1ccc(/C(=N/O)c2ccc(C(=O)O)cc2)c(C)c1. The zero-order valence-corrected chi connectivity index (χ0v) is 11.3. The van der Waals surface area contributed by atoms with Crippen molar-refractivity contribution in [3.8, 4) is 0 Å². The van der Waals surface area contributed by atoms with Gasteiger partial charge in [0.2, 0.25) is 0 Å². The fourth-order valence-corrected chi connectivity index (χ4v) is 2.12. The van der Waals surface area contributed by atoms with Gasteiger partial charge < -0.3 is 10.3 Å². The largest absolute Gasteiger partial charge is 0.478 e. The van der Waals surface area contributed by atoms with Crippen molar-refractivity contribution in [2.75, 3.05) is 0 Å². The number of benzene rings is 2. The molecule has 0 radical (unpaired) electrons. The Morgan fingerprint density at radius 1 is 1.00 bits per heavy atom. The number of hydrogen-bond donors (Lipinski definition) is 2. The Bertz CT molecular complexity index is 673. The summed E-state index contributed by atoms with van der Waals surface area (Å²) in [5.74, 6) is -0.981. The number of carboxylic acid groups (broad SMARTS) is 1. The third-order valence-corrected chi connectivity index (χ3v) is 3.14. The van der Waals surface area contributed by atoms with Crippen LogP contribution in [0.2, 0.25) is 0 Å². The van der Waals surface area contributed by atoms with Crippen molar-refractivity contribution >= 4 is 11.7 Å². The van der Waals surface area contributed by atoms with Crippen LogP contribution in [0.25, 0.3) is 0 Å². The monoisotopic (exact) mass is 269 g/mol. The number of carboxylic acids is 1. The first-order valence-corrected chi connectivity index (χ1v) is 6.16. The molecule has 0 spiro atoms. The summed E-state index contributed by atoms with van der Waals surface area (Å²) in [6, 6.07) is 12.1. The quantitative estimate of drug-likeness (QED) is 0.510. The molecule has 2 aromatic carbocycles. The van der Waals surface area contributed by atoms with Crippen molar-refractivity contribution in [2.24, 2.45) is 5.16 Å². The Morgan fingerprint density at radius 3 is 2.10 bits per heavy atom. The van der Waals surface area contributed by atoms with Crippen molar-refractivity contribution < 1.29 is 15.1 Å². The third-order valence-electron chi connectivity index (χ3n) is 3.14. The minimum absolute atomic E-state index is 0.201.